The van der Waals surface area contributed by atoms with E-state index in [0.29, 0.717) is 19.3 Å². The molecule has 0 amide bonds. The molecule has 0 spiro atoms. The Morgan fingerprint density at radius 2 is 0.679 bits per heavy atom. The SMILES string of the molecule is O=P([O-])([O-])CN1CCCN(CP(=O)([O-])[O-])CCCN(CP(=O)([O-])[O-])CCC1.[Gd+3]. The molecule has 0 aromatic heterocycles. The molecule has 16 heteroatoms. The molecule has 1 fully saturated rings. The second-order valence-corrected chi connectivity index (χ2v) is 11.2. The van der Waals surface area contributed by atoms with Crippen molar-refractivity contribution in [1.82, 2.24) is 14.7 Å². The van der Waals surface area contributed by atoms with Gasteiger partial charge in [0, 0.05) is 18.9 Å². The summed E-state index contributed by atoms with van der Waals surface area (Å²) in [6.07, 6.45) is -1.01. The molecule has 0 aromatic carbocycles. The number of rotatable bonds is 6. The van der Waals surface area contributed by atoms with Gasteiger partial charge in [-0.15, -0.1) is 0 Å². The Labute approximate surface area is 196 Å². The molecule has 0 unspecified atom stereocenters. The van der Waals surface area contributed by atoms with Crippen LogP contribution in [0.1, 0.15) is 19.3 Å². The van der Waals surface area contributed by atoms with Gasteiger partial charge in [-0.25, -0.2) is 0 Å². The van der Waals surface area contributed by atoms with Crippen LogP contribution in [0.5, 0.6) is 0 Å². The Bertz CT molecular complexity index is 503. The number of hydrogen-bond acceptors (Lipinski definition) is 12. The van der Waals surface area contributed by atoms with E-state index < -0.39 is 41.6 Å². The summed E-state index contributed by atoms with van der Waals surface area (Å²) in [6, 6.07) is 0. The van der Waals surface area contributed by atoms with E-state index >= 15 is 0 Å². The summed E-state index contributed by atoms with van der Waals surface area (Å²) in [5, 5.41) is 0. The average molecular weight is 605 g/mol. The normalized spacial score (nSPS) is 20.8. The third kappa shape index (κ3) is 16.4. The summed E-state index contributed by atoms with van der Waals surface area (Å²) in [6.45, 7) is 1.22. The van der Waals surface area contributed by atoms with Gasteiger partial charge in [0.15, 0.2) is 0 Å². The molecule has 0 saturated carbocycles. The third-order valence-electron chi connectivity index (χ3n) is 3.97. The third-order valence-corrected chi connectivity index (χ3v) is 6.20. The topological polar surface area (TPSA) is 199 Å². The number of hydrogen-bond donors (Lipinski definition) is 0. The smallest absolute Gasteiger partial charge is 0.810 e. The van der Waals surface area contributed by atoms with Gasteiger partial charge in [-0.2, -0.15) is 0 Å². The van der Waals surface area contributed by atoms with E-state index in [2.05, 4.69) is 0 Å². The Hall–Kier alpha value is 1.65. The van der Waals surface area contributed by atoms with Crippen LogP contribution in [0.15, 0.2) is 0 Å². The molecule has 0 aromatic rings. The summed E-state index contributed by atoms with van der Waals surface area (Å²) in [5.74, 6) is 0. The maximum Gasteiger partial charge on any atom is 3.00 e. The molecule has 1 rings (SSSR count). The Kier molecular flexibility index (Phi) is 14.0. The van der Waals surface area contributed by atoms with Crippen molar-refractivity contribution in [2.24, 2.45) is 0 Å². The van der Waals surface area contributed by atoms with E-state index in [-0.39, 0.29) is 79.2 Å². The van der Waals surface area contributed by atoms with E-state index in [4.69, 9.17) is 0 Å². The quantitative estimate of drug-likeness (QED) is 0.265. The predicted octanol–water partition coefficient (Wildman–Crippen LogP) is -4.31. The van der Waals surface area contributed by atoms with Gasteiger partial charge in [-0.1, -0.05) is 22.8 Å². The van der Waals surface area contributed by atoms with E-state index in [9.17, 15) is 43.1 Å². The van der Waals surface area contributed by atoms with Crippen molar-refractivity contribution in [3.63, 3.8) is 0 Å². The summed E-state index contributed by atoms with van der Waals surface area (Å²) >= 11 is 0. The zero-order valence-corrected chi connectivity index (χ0v) is 20.1. The van der Waals surface area contributed by atoms with Crippen LogP contribution in [0.4, 0.5) is 0 Å². The molecule has 0 N–H and O–H groups in total. The fraction of sp³-hybridized carbons (Fsp3) is 1.00. The molecule has 1 heterocycles. The Balaban J connectivity index is 0.00000729. The molecule has 12 nitrogen and oxygen atoms in total. The molecule has 1 aliphatic heterocycles. The van der Waals surface area contributed by atoms with E-state index in [1.54, 1.807) is 0 Å². The standard InChI is InChI=1S/C12H30N3O9P3.Gd/c16-25(17,18)10-13-4-1-5-14(11-26(19,20)21)7-3-9-15(8-2-6-13)12-27(22,23)24;/h1-12H2,(H2,16,17,18)(H2,19,20,21)(H2,22,23,24);/q;+3/p-6. The zero-order valence-electron chi connectivity index (χ0n) is 15.2. The largest absolute Gasteiger partial charge is 3.00 e. The minimum atomic E-state index is -4.80. The maximum atomic E-state index is 11.0. The second kappa shape index (κ2) is 13.3. The molecular weight excluding hydrogens is 580 g/mol. The van der Waals surface area contributed by atoms with Gasteiger partial charge in [0.05, 0.1) is 0 Å². The van der Waals surface area contributed by atoms with Crippen molar-refractivity contribution in [2.75, 3.05) is 58.1 Å². The molecule has 1 radical (unpaired) electrons. The molecular formula is C12H24GdN3O9P3-3. The van der Waals surface area contributed by atoms with E-state index in [0.717, 1.165) is 0 Å². The van der Waals surface area contributed by atoms with Gasteiger partial charge in [-0.05, 0) is 58.5 Å². The summed E-state index contributed by atoms with van der Waals surface area (Å²) in [5.41, 5.74) is 0. The van der Waals surface area contributed by atoms with Gasteiger partial charge < -0.3 is 43.1 Å². The van der Waals surface area contributed by atoms with Gasteiger partial charge in [0.25, 0.3) is 0 Å². The summed E-state index contributed by atoms with van der Waals surface area (Å²) in [7, 11) is -14.4. The summed E-state index contributed by atoms with van der Waals surface area (Å²) < 4.78 is 33.1. The van der Waals surface area contributed by atoms with E-state index in [1.165, 1.54) is 14.7 Å². The van der Waals surface area contributed by atoms with Crippen molar-refractivity contribution in [3.05, 3.63) is 0 Å². The monoisotopic (exact) mass is 605 g/mol. The van der Waals surface area contributed by atoms with Crippen molar-refractivity contribution in [2.45, 2.75) is 19.3 Å². The second-order valence-electron chi connectivity index (χ2n) is 6.67. The molecule has 167 valence electrons. The van der Waals surface area contributed by atoms with Crippen molar-refractivity contribution >= 4 is 22.8 Å². The van der Waals surface area contributed by atoms with Gasteiger partial charge in [0.1, 0.15) is 0 Å². The zero-order chi connectivity index (χ0) is 20.7. The van der Waals surface area contributed by atoms with Gasteiger partial charge in [0.2, 0.25) is 0 Å². The van der Waals surface area contributed by atoms with Crippen LogP contribution in [0.2, 0.25) is 0 Å². The van der Waals surface area contributed by atoms with Crippen LogP contribution in [-0.2, 0) is 13.7 Å². The van der Waals surface area contributed by atoms with Crippen LogP contribution >= 0.6 is 22.8 Å². The minimum absolute atomic E-state index is 0. The van der Waals surface area contributed by atoms with Crippen LogP contribution in [0.25, 0.3) is 0 Å². The first-order valence-electron chi connectivity index (χ1n) is 8.44. The molecule has 0 atom stereocenters. The van der Waals surface area contributed by atoms with Gasteiger partial charge in [-0.3, -0.25) is 14.7 Å². The fourth-order valence-electron chi connectivity index (χ4n) is 3.05. The number of nitrogens with zero attached hydrogens (tertiary/aromatic N) is 3. The molecule has 1 aliphatic rings. The Morgan fingerprint density at radius 1 is 0.500 bits per heavy atom. The minimum Gasteiger partial charge on any atom is -0.810 e. The van der Waals surface area contributed by atoms with Crippen LogP contribution in [0, 0.1) is 39.9 Å². The summed E-state index contributed by atoms with van der Waals surface area (Å²) in [4.78, 5) is 70.5. The fourth-order valence-corrected chi connectivity index (χ4v) is 5.37. The maximum absolute atomic E-state index is 11.0. The van der Waals surface area contributed by atoms with Crippen molar-refractivity contribution in [1.29, 1.82) is 0 Å². The molecule has 28 heavy (non-hydrogen) atoms. The molecule has 1 saturated heterocycles. The van der Waals surface area contributed by atoms with Gasteiger partial charge >= 0.3 is 39.9 Å². The first-order chi connectivity index (χ1) is 12.2. The van der Waals surface area contributed by atoms with Crippen molar-refractivity contribution < 1.29 is 83.0 Å². The predicted molar refractivity (Wildman–Crippen MR) is 86.0 cm³/mol. The van der Waals surface area contributed by atoms with Crippen LogP contribution < -0.4 is 29.4 Å². The van der Waals surface area contributed by atoms with Crippen LogP contribution in [-0.4, -0.2) is 72.8 Å². The Morgan fingerprint density at radius 3 is 0.821 bits per heavy atom. The first-order valence-corrected chi connectivity index (χ1v) is 13.6. The molecule has 0 bridgehead atoms. The first kappa shape index (κ1) is 29.7. The van der Waals surface area contributed by atoms with E-state index in [1.807, 2.05) is 0 Å². The van der Waals surface area contributed by atoms with Crippen molar-refractivity contribution in [3.8, 4) is 0 Å². The molecule has 0 aliphatic carbocycles. The van der Waals surface area contributed by atoms with Crippen LogP contribution in [0.3, 0.4) is 0 Å². The average Bonchev–Trinajstić information content (AvgIpc) is 2.40.